The Morgan fingerprint density at radius 1 is 0.851 bits per heavy atom. The van der Waals surface area contributed by atoms with E-state index in [0.717, 1.165) is 22.4 Å². The summed E-state index contributed by atoms with van der Waals surface area (Å²) < 4.78 is 4.43. The molecule has 1 heterocycles. The minimum Gasteiger partial charge on any atom is -0.481 e. The molecule has 47 heavy (non-hydrogen) atoms. The SMILES string of the molecule is CC#N.Nc1ccc(CCO)cc1.O=C(O)Cc1ccccc1C(=O)Nc1ccc(CCO)cc1.O=C1Cc2ccccc2C(=O)O1. The molecule has 1 aliphatic heterocycles. The Hall–Kier alpha value is -5.83. The molecule has 0 atom stereocenters. The third kappa shape index (κ3) is 13.4. The lowest BCUT2D eigenvalue weighted by Gasteiger charge is -2.12. The highest BCUT2D eigenvalue weighted by atomic mass is 16.6. The number of rotatable bonds is 8. The number of carboxylic acid groups (broad SMARTS) is 1. The van der Waals surface area contributed by atoms with Crippen LogP contribution in [-0.2, 0) is 40.0 Å². The van der Waals surface area contributed by atoms with Crippen LogP contribution in [-0.4, -0.2) is 52.3 Å². The molecule has 0 aliphatic carbocycles. The Kier molecular flexibility index (Phi) is 16.1. The van der Waals surface area contributed by atoms with Crippen molar-refractivity contribution in [1.29, 1.82) is 5.26 Å². The van der Waals surface area contributed by atoms with Crippen LogP contribution in [0, 0.1) is 11.3 Å². The summed E-state index contributed by atoms with van der Waals surface area (Å²) in [5, 5.41) is 36.4. The number of nitrogen functional groups attached to an aromatic ring is 1. The van der Waals surface area contributed by atoms with Crippen molar-refractivity contribution >= 4 is 35.2 Å². The molecule has 6 N–H and O–H groups in total. The monoisotopic (exact) mass is 639 g/mol. The summed E-state index contributed by atoms with van der Waals surface area (Å²) in [6, 6.07) is 30.0. The molecular weight excluding hydrogens is 602 g/mol. The van der Waals surface area contributed by atoms with Crippen LogP contribution in [0.25, 0.3) is 0 Å². The predicted molar refractivity (Wildman–Crippen MR) is 176 cm³/mol. The van der Waals surface area contributed by atoms with E-state index in [4.69, 9.17) is 26.3 Å². The summed E-state index contributed by atoms with van der Waals surface area (Å²) in [5.41, 5.74) is 11.0. The number of benzene rings is 4. The fourth-order valence-electron chi connectivity index (χ4n) is 4.18. The van der Waals surface area contributed by atoms with Crippen molar-refractivity contribution in [1.82, 2.24) is 0 Å². The third-order valence-corrected chi connectivity index (χ3v) is 6.37. The van der Waals surface area contributed by atoms with Crippen LogP contribution < -0.4 is 11.1 Å². The van der Waals surface area contributed by atoms with Gasteiger partial charge in [-0.3, -0.25) is 14.4 Å². The first-order valence-corrected chi connectivity index (χ1v) is 14.5. The third-order valence-electron chi connectivity index (χ3n) is 6.37. The fraction of sp³-hybridized carbons (Fsp3) is 0.194. The first kappa shape index (κ1) is 37.4. The molecule has 244 valence electrons. The standard InChI is InChI=1S/C17H17NO4.C9H6O3.C8H11NO.C2H3N/c19-10-9-12-5-7-14(8-6-12)18-17(22)15-4-2-1-3-13(15)11-16(20)21;10-8-5-6-3-1-2-4-7(6)9(11)12-8;9-8-3-1-7(2-4-8)5-6-10;1-2-3/h1-8,19H,9-11H2,(H,18,22)(H,20,21);1-4H,5H2;1-4,10H,5-6,9H2;1H3. The number of nitriles is 1. The molecule has 4 aromatic carbocycles. The fourth-order valence-corrected chi connectivity index (χ4v) is 4.18. The Balaban J connectivity index is 0.000000257. The quantitative estimate of drug-likeness (QED) is 0.105. The Bertz CT molecular complexity index is 1660. The summed E-state index contributed by atoms with van der Waals surface area (Å²) >= 11 is 0. The molecule has 11 heteroatoms. The summed E-state index contributed by atoms with van der Waals surface area (Å²) in [6.07, 6.45) is 1.27. The normalized spacial score (nSPS) is 10.9. The number of ether oxygens (including phenoxy) is 1. The van der Waals surface area contributed by atoms with Gasteiger partial charge in [-0.1, -0.05) is 60.7 Å². The number of cyclic esters (lactones) is 2. The van der Waals surface area contributed by atoms with Crippen molar-refractivity contribution < 1.29 is 39.2 Å². The molecule has 0 bridgehead atoms. The number of hydrogen-bond donors (Lipinski definition) is 5. The van der Waals surface area contributed by atoms with Crippen LogP contribution in [0.5, 0.6) is 0 Å². The van der Waals surface area contributed by atoms with E-state index in [1.165, 1.54) is 6.92 Å². The molecule has 5 rings (SSSR count). The molecular formula is C36H37N3O8. The lowest BCUT2D eigenvalue weighted by molar-refractivity contribution is -0.138. The number of aliphatic hydroxyl groups excluding tert-OH is 2. The van der Waals surface area contributed by atoms with Crippen LogP contribution in [0.4, 0.5) is 11.4 Å². The number of fused-ring (bicyclic) bond motifs is 1. The maximum atomic E-state index is 12.3. The smallest absolute Gasteiger partial charge is 0.346 e. The van der Waals surface area contributed by atoms with Crippen LogP contribution in [0.3, 0.4) is 0 Å². The lowest BCUT2D eigenvalue weighted by atomic mass is 10.0. The van der Waals surface area contributed by atoms with E-state index in [2.05, 4.69) is 10.1 Å². The van der Waals surface area contributed by atoms with E-state index < -0.39 is 17.9 Å². The first-order valence-electron chi connectivity index (χ1n) is 14.5. The summed E-state index contributed by atoms with van der Waals surface area (Å²) in [5.74, 6) is -2.33. The van der Waals surface area contributed by atoms with E-state index in [1.54, 1.807) is 66.7 Å². The minimum absolute atomic E-state index is 0.0776. The van der Waals surface area contributed by atoms with E-state index in [9.17, 15) is 19.2 Å². The predicted octanol–water partition coefficient (Wildman–Crippen LogP) is 4.36. The Morgan fingerprint density at radius 2 is 1.38 bits per heavy atom. The molecule has 0 fully saturated rings. The van der Waals surface area contributed by atoms with E-state index in [-0.39, 0.29) is 32.0 Å². The number of carbonyl (C=O) groups is 4. The van der Waals surface area contributed by atoms with Gasteiger partial charge in [0.1, 0.15) is 0 Å². The van der Waals surface area contributed by atoms with Gasteiger partial charge in [0.25, 0.3) is 5.91 Å². The number of esters is 2. The zero-order valence-corrected chi connectivity index (χ0v) is 25.9. The van der Waals surface area contributed by atoms with Gasteiger partial charge in [0.05, 0.1) is 24.5 Å². The second-order valence-electron chi connectivity index (χ2n) is 9.89. The van der Waals surface area contributed by atoms with E-state index >= 15 is 0 Å². The number of aliphatic hydroxyl groups is 2. The van der Waals surface area contributed by atoms with Crippen LogP contribution >= 0.6 is 0 Å². The Morgan fingerprint density at radius 3 is 1.96 bits per heavy atom. The molecule has 0 saturated heterocycles. The molecule has 0 saturated carbocycles. The number of amides is 1. The molecule has 1 amide bonds. The number of anilines is 2. The van der Waals surface area contributed by atoms with Crippen molar-refractivity contribution in [2.75, 3.05) is 24.3 Å². The second kappa shape index (κ2) is 20.2. The van der Waals surface area contributed by atoms with Gasteiger partial charge in [-0.15, -0.1) is 0 Å². The van der Waals surface area contributed by atoms with Crippen molar-refractivity contribution in [3.63, 3.8) is 0 Å². The molecule has 11 nitrogen and oxygen atoms in total. The highest BCUT2D eigenvalue weighted by Crippen LogP contribution is 2.17. The number of carbonyl (C=O) groups excluding carboxylic acids is 3. The maximum Gasteiger partial charge on any atom is 0.346 e. The summed E-state index contributed by atoms with van der Waals surface area (Å²) in [4.78, 5) is 45.0. The van der Waals surface area contributed by atoms with Gasteiger partial charge >= 0.3 is 17.9 Å². The van der Waals surface area contributed by atoms with Gasteiger partial charge in [0, 0.05) is 37.1 Å². The van der Waals surface area contributed by atoms with Gasteiger partial charge in [0.2, 0.25) is 0 Å². The number of nitrogens with zero attached hydrogens (tertiary/aromatic N) is 1. The highest BCUT2D eigenvalue weighted by molar-refractivity contribution is 6.05. The van der Waals surface area contributed by atoms with Gasteiger partial charge in [-0.2, -0.15) is 5.26 Å². The van der Waals surface area contributed by atoms with Crippen LogP contribution in [0.15, 0.2) is 97.1 Å². The lowest BCUT2D eigenvalue weighted by Crippen LogP contribution is -2.22. The summed E-state index contributed by atoms with van der Waals surface area (Å²) in [7, 11) is 0. The zero-order chi connectivity index (χ0) is 34.6. The molecule has 0 aromatic heterocycles. The largest absolute Gasteiger partial charge is 0.481 e. The number of nitrogens with two attached hydrogens (primary N) is 1. The van der Waals surface area contributed by atoms with Gasteiger partial charge < -0.3 is 31.1 Å². The maximum absolute atomic E-state index is 12.3. The van der Waals surface area contributed by atoms with E-state index in [1.807, 2.05) is 36.4 Å². The van der Waals surface area contributed by atoms with Gasteiger partial charge in [0.15, 0.2) is 0 Å². The Labute approximate surface area is 272 Å². The molecule has 1 aliphatic rings. The molecule has 0 unspecified atom stereocenters. The zero-order valence-electron chi connectivity index (χ0n) is 25.9. The van der Waals surface area contributed by atoms with Gasteiger partial charge in [-0.25, -0.2) is 4.79 Å². The topological polar surface area (TPSA) is 200 Å². The first-order chi connectivity index (χ1) is 22.6. The van der Waals surface area contributed by atoms with Crippen molar-refractivity contribution in [3.8, 4) is 6.07 Å². The van der Waals surface area contributed by atoms with Crippen LogP contribution in [0.2, 0.25) is 0 Å². The van der Waals surface area contributed by atoms with Crippen molar-refractivity contribution in [3.05, 3.63) is 130 Å². The van der Waals surface area contributed by atoms with Crippen molar-refractivity contribution in [2.24, 2.45) is 0 Å². The minimum atomic E-state index is -0.978. The molecule has 0 radical (unpaired) electrons. The van der Waals surface area contributed by atoms with Gasteiger partial charge in [-0.05, 0) is 71.5 Å². The number of aliphatic carboxylic acids is 1. The molecule has 4 aromatic rings. The number of carboxylic acids is 1. The summed E-state index contributed by atoms with van der Waals surface area (Å²) in [6.45, 7) is 1.71. The number of nitrogens with one attached hydrogen (secondary N) is 1. The number of hydrogen-bond acceptors (Lipinski definition) is 9. The average Bonchev–Trinajstić information content (AvgIpc) is 3.04. The average molecular weight is 640 g/mol. The molecule has 0 spiro atoms. The van der Waals surface area contributed by atoms with Crippen molar-refractivity contribution in [2.45, 2.75) is 32.6 Å². The highest BCUT2D eigenvalue weighted by Gasteiger charge is 2.23. The van der Waals surface area contributed by atoms with Crippen LogP contribution in [0.1, 0.15) is 49.9 Å². The second-order valence-corrected chi connectivity index (χ2v) is 9.89. The van der Waals surface area contributed by atoms with E-state index in [0.29, 0.717) is 35.2 Å².